The Kier molecular flexibility index (Phi) is 3.66. The SMILES string of the molecule is CC(=O)NC(c1cn(C2(C#N)CC2)nn1)C1CCCCC1. The molecular weight excluding hydrogens is 266 g/mol. The van der Waals surface area contributed by atoms with Gasteiger partial charge in [-0.1, -0.05) is 24.5 Å². The summed E-state index contributed by atoms with van der Waals surface area (Å²) >= 11 is 0. The summed E-state index contributed by atoms with van der Waals surface area (Å²) in [4.78, 5) is 11.5. The van der Waals surface area contributed by atoms with Gasteiger partial charge in [-0.3, -0.25) is 4.79 Å². The molecule has 1 amide bonds. The van der Waals surface area contributed by atoms with Gasteiger partial charge in [0.15, 0.2) is 5.54 Å². The monoisotopic (exact) mass is 287 g/mol. The Morgan fingerprint density at radius 1 is 1.48 bits per heavy atom. The average molecular weight is 287 g/mol. The molecule has 1 heterocycles. The van der Waals surface area contributed by atoms with Crippen molar-refractivity contribution in [1.29, 1.82) is 5.26 Å². The van der Waals surface area contributed by atoms with Crippen LogP contribution in [0.4, 0.5) is 0 Å². The van der Waals surface area contributed by atoms with Gasteiger partial charge in [-0.25, -0.2) is 4.68 Å². The van der Waals surface area contributed by atoms with Crippen LogP contribution < -0.4 is 5.32 Å². The first-order valence-corrected chi connectivity index (χ1v) is 7.76. The Hall–Kier alpha value is -1.90. The highest BCUT2D eigenvalue weighted by atomic mass is 16.1. The van der Waals surface area contributed by atoms with Gasteiger partial charge < -0.3 is 5.32 Å². The zero-order valence-corrected chi connectivity index (χ0v) is 12.4. The van der Waals surface area contributed by atoms with E-state index in [0.717, 1.165) is 31.4 Å². The molecule has 2 saturated carbocycles. The summed E-state index contributed by atoms with van der Waals surface area (Å²) in [6.07, 6.45) is 9.43. The Bertz CT molecular complexity index is 563. The van der Waals surface area contributed by atoms with E-state index in [0.29, 0.717) is 5.92 Å². The lowest BCUT2D eigenvalue weighted by atomic mass is 9.83. The van der Waals surface area contributed by atoms with Gasteiger partial charge in [0.05, 0.1) is 18.3 Å². The van der Waals surface area contributed by atoms with Crippen LogP contribution in [0.5, 0.6) is 0 Å². The molecule has 2 fully saturated rings. The minimum Gasteiger partial charge on any atom is -0.348 e. The van der Waals surface area contributed by atoms with E-state index >= 15 is 0 Å². The standard InChI is InChI=1S/C15H21N5O/c1-11(21)17-14(12-5-3-2-4-6-12)13-9-20(19-18-13)15(10-16)7-8-15/h9,12,14H,2-8H2,1H3,(H,17,21). The van der Waals surface area contributed by atoms with Crippen molar-refractivity contribution in [2.75, 3.05) is 0 Å². The van der Waals surface area contributed by atoms with E-state index in [2.05, 4.69) is 21.7 Å². The highest BCUT2D eigenvalue weighted by Crippen LogP contribution is 2.42. The molecule has 6 heteroatoms. The number of aromatic nitrogens is 3. The lowest BCUT2D eigenvalue weighted by molar-refractivity contribution is -0.120. The molecule has 3 rings (SSSR count). The molecule has 2 aliphatic carbocycles. The maximum Gasteiger partial charge on any atom is 0.217 e. The largest absolute Gasteiger partial charge is 0.348 e. The summed E-state index contributed by atoms with van der Waals surface area (Å²) in [5.41, 5.74) is 0.303. The molecule has 1 atom stereocenters. The predicted octanol–water partition coefficient (Wildman–Crippen LogP) is 2.05. The Labute approximate surface area is 124 Å². The highest BCUT2D eigenvalue weighted by molar-refractivity contribution is 5.73. The minimum absolute atomic E-state index is 0.0402. The van der Waals surface area contributed by atoms with E-state index in [4.69, 9.17) is 0 Å². The third-order valence-corrected chi connectivity index (χ3v) is 4.68. The fourth-order valence-corrected chi connectivity index (χ4v) is 3.26. The zero-order valence-electron chi connectivity index (χ0n) is 12.4. The average Bonchev–Trinajstić information content (AvgIpc) is 3.15. The van der Waals surface area contributed by atoms with Gasteiger partial charge in [0.2, 0.25) is 5.91 Å². The fraction of sp³-hybridized carbons (Fsp3) is 0.733. The van der Waals surface area contributed by atoms with E-state index in [-0.39, 0.29) is 11.9 Å². The summed E-state index contributed by atoms with van der Waals surface area (Å²) in [7, 11) is 0. The van der Waals surface area contributed by atoms with E-state index in [9.17, 15) is 10.1 Å². The molecular formula is C15H21N5O. The van der Waals surface area contributed by atoms with Crippen LogP contribution in [0.1, 0.15) is 63.6 Å². The molecule has 0 aliphatic heterocycles. The molecule has 1 aromatic heterocycles. The van der Waals surface area contributed by atoms with Crippen molar-refractivity contribution < 1.29 is 4.79 Å². The van der Waals surface area contributed by atoms with Gasteiger partial charge in [0, 0.05) is 6.92 Å². The lowest BCUT2D eigenvalue weighted by Gasteiger charge is -2.29. The van der Waals surface area contributed by atoms with Gasteiger partial charge >= 0.3 is 0 Å². The third-order valence-electron chi connectivity index (χ3n) is 4.68. The molecule has 0 spiro atoms. The van der Waals surface area contributed by atoms with E-state index < -0.39 is 5.54 Å². The van der Waals surface area contributed by atoms with Gasteiger partial charge in [0.1, 0.15) is 5.69 Å². The first-order chi connectivity index (χ1) is 10.1. The van der Waals surface area contributed by atoms with Crippen molar-refractivity contribution in [3.05, 3.63) is 11.9 Å². The van der Waals surface area contributed by atoms with Crippen molar-refractivity contribution in [1.82, 2.24) is 20.3 Å². The molecule has 112 valence electrons. The van der Waals surface area contributed by atoms with Crippen LogP contribution in [0.25, 0.3) is 0 Å². The van der Waals surface area contributed by atoms with Crippen molar-refractivity contribution in [3.63, 3.8) is 0 Å². The van der Waals surface area contributed by atoms with E-state index in [1.54, 1.807) is 4.68 Å². The Balaban J connectivity index is 1.82. The van der Waals surface area contributed by atoms with Crippen LogP contribution in [-0.4, -0.2) is 20.9 Å². The Morgan fingerprint density at radius 3 is 2.76 bits per heavy atom. The van der Waals surface area contributed by atoms with Gasteiger partial charge in [0.25, 0.3) is 0 Å². The first kappa shape index (κ1) is 14.1. The number of nitriles is 1. The molecule has 6 nitrogen and oxygen atoms in total. The first-order valence-electron chi connectivity index (χ1n) is 7.76. The molecule has 1 N–H and O–H groups in total. The number of rotatable bonds is 4. The minimum atomic E-state index is -0.488. The molecule has 0 saturated heterocycles. The van der Waals surface area contributed by atoms with E-state index in [1.165, 1.54) is 26.2 Å². The fourth-order valence-electron chi connectivity index (χ4n) is 3.26. The summed E-state index contributed by atoms with van der Waals surface area (Å²) < 4.78 is 1.68. The molecule has 0 radical (unpaired) electrons. The third kappa shape index (κ3) is 2.78. The molecule has 1 unspecified atom stereocenters. The molecule has 2 aliphatic rings. The lowest BCUT2D eigenvalue weighted by Crippen LogP contribution is -2.33. The summed E-state index contributed by atoms with van der Waals surface area (Å²) in [5.74, 6) is 0.381. The second kappa shape index (κ2) is 5.47. The van der Waals surface area contributed by atoms with Gasteiger partial charge in [-0.15, -0.1) is 5.10 Å². The number of hydrogen-bond donors (Lipinski definition) is 1. The smallest absolute Gasteiger partial charge is 0.217 e. The number of nitrogens with one attached hydrogen (secondary N) is 1. The molecule has 21 heavy (non-hydrogen) atoms. The van der Waals surface area contributed by atoms with Crippen LogP contribution in [-0.2, 0) is 10.3 Å². The van der Waals surface area contributed by atoms with Crippen LogP contribution >= 0.6 is 0 Å². The molecule has 0 bridgehead atoms. The number of amides is 1. The maximum atomic E-state index is 11.5. The normalized spacial score (nSPS) is 22.3. The van der Waals surface area contributed by atoms with Crippen LogP contribution in [0.3, 0.4) is 0 Å². The second-order valence-electron chi connectivity index (χ2n) is 6.31. The van der Waals surface area contributed by atoms with Crippen molar-refractivity contribution in [2.24, 2.45) is 5.92 Å². The zero-order chi connectivity index (χ0) is 14.9. The topological polar surface area (TPSA) is 83.6 Å². The predicted molar refractivity (Wildman–Crippen MR) is 76.0 cm³/mol. The highest BCUT2D eigenvalue weighted by Gasteiger charge is 2.47. The summed E-state index contributed by atoms with van der Waals surface area (Å²) in [6.45, 7) is 1.54. The van der Waals surface area contributed by atoms with Crippen LogP contribution in [0, 0.1) is 17.2 Å². The summed E-state index contributed by atoms with van der Waals surface area (Å²) in [5, 5.41) is 20.7. The van der Waals surface area contributed by atoms with Crippen molar-refractivity contribution >= 4 is 5.91 Å². The second-order valence-corrected chi connectivity index (χ2v) is 6.31. The summed E-state index contributed by atoms with van der Waals surface area (Å²) in [6, 6.07) is 2.24. The maximum absolute atomic E-state index is 11.5. The Morgan fingerprint density at radius 2 is 2.19 bits per heavy atom. The quantitative estimate of drug-likeness (QED) is 0.918. The van der Waals surface area contributed by atoms with Crippen molar-refractivity contribution in [2.45, 2.75) is 63.5 Å². The van der Waals surface area contributed by atoms with Crippen LogP contribution in [0.2, 0.25) is 0 Å². The van der Waals surface area contributed by atoms with Crippen LogP contribution in [0.15, 0.2) is 6.20 Å². The number of carbonyl (C=O) groups excluding carboxylic acids is 1. The number of nitrogens with zero attached hydrogens (tertiary/aromatic N) is 4. The van der Waals surface area contributed by atoms with Gasteiger partial charge in [-0.05, 0) is 31.6 Å². The van der Waals surface area contributed by atoms with Crippen molar-refractivity contribution in [3.8, 4) is 6.07 Å². The van der Waals surface area contributed by atoms with Gasteiger partial charge in [-0.2, -0.15) is 5.26 Å². The molecule has 1 aromatic rings. The number of hydrogen-bond acceptors (Lipinski definition) is 4. The number of carbonyl (C=O) groups is 1. The molecule has 0 aromatic carbocycles. The van der Waals surface area contributed by atoms with E-state index in [1.807, 2.05) is 6.20 Å².